The van der Waals surface area contributed by atoms with Crippen molar-refractivity contribution in [2.45, 2.75) is 0 Å². The predicted molar refractivity (Wildman–Crippen MR) is 61.6 cm³/mol. The molecule has 0 aliphatic rings. The van der Waals surface area contributed by atoms with E-state index in [9.17, 15) is 0 Å². The maximum Gasteiger partial charge on any atom is 0.0994 e. The predicted octanol–water partition coefficient (Wildman–Crippen LogP) is 2.72. The van der Waals surface area contributed by atoms with E-state index in [0.29, 0.717) is 5.71 Å². The Morgan fingerprint density at radius 3 is 1.47 bits per heavy atom. The van der Waals surface area contributed by atoms with Gasteiger partial charge >= 0.3 is 0 Å². The number of nitrogens with zero attached hydrogens (tertiary/aromatic N) is 1. The third-order valence-corrected chi connectivity index (χ3v) is 2.21. The molecule has 2 aromatic rings. The third-order valence-electron chi connectivity index (χ3n) is 2.21. The molecule has 2 nitrogen and oxygen atoms in total. The van der Waals surface area contributed by atoms with Crippen LogP contribution in [0.2, 0.25) is 0 Å². The van der Waals surface area contributed by atoms with Crippen LogP contribution in [0.3, 0.4) is 0 Å². The molecule has 0 unspecified atom stereocenters. The normalized spacial score (nSPS) is 9.60. The highest BCUT2D eigenvalue weighted by Crippen LogP contribution is 2.09. The molecule has 0 bridgehead atoms. The first-order valence-electron chi connectivity index (χ1n) is 4.77. The van der Waals surface area contributed by atoms with Crippen molar-refractivity contribution < 1.29 is 0 Å². The summed E-state index contributed by atoms with van der Waals surface area (Å²) in [5.41, 5.74) is 2.65. The Hall–Kier alpha value is -2.09. The van der Waals surface area contributed by atoms with Gasteiger partial charge in [-0.1, -0.05) is 60.7 Å². The minimum Gasteiger partial charge on any atom is -0.204 e. The molecule has 0 atom stereocenters. The topological polar surface area (TPSA) is 36.2 Å². The van der Waals surface area contributed by atoms with E-state index < -0.39 is 0 Å². The fourth-order valence-corrected chi connectivity index (χ4v) is 1.49. The smallest absolute Gasteiger partial charge is 0.0994 e. The molecule has 0 spiro atoms. The lowest BCUT2D eigenvalue weighted by Gasteiger charge is -2.04. The van der Waals surface area contributed by atoms with Crippen LogP contribution in [0.4, 0.5) is 0 Å². The molecular formula is C13H11N2. The lowest BCUT2D eigenvalue weighted by molar-refractivity contribution is 1.18. The largest absolute Gasteiger partial charge is 0.204 e. The van der Waals surface area contributed by atoms with Gasteiger partial charge in [0.2, 0.25) is 0 Å². The van der Waals surface area contributed by atoms with Crippen LogP contribution in [0.25, 0.3) is 0 Å². The average molecular weight is 195 g/mol. The molecule has 73 valence electrons. The second-order valence-electron chi connectivity index (χ2n) is 3.19. The van der Waals surface area contributed by atoms with Gasteiger partial charge in [-0.3, -0.25) is 0 Å². The van der Waals surface area contributed by atoms with E-state index in [-0.39, 0.29) is 0 Å². The van der Waals surface area contributed by atoms with Crippen molar-refractivity contribution in [1.29, 1.82) is 0 Å². The molecule has 15 heavy (non-hydrogen) atoms. The highest BCUT2D eigenvalue weighted by atomic mass is 15.1. The van der Waals surface area contributed by atoms with Crippen LogP contribution < -0.4 is 5.84 Å². The molecular weight excluding hydrogens is 184 g/mol. The number of hydrogen-bond acceptors (Lipinski definition) is 1. The summed E-state index contributed by atoms with van der Waals surface area (Å²) < 4.78 is 0. The first-order chi connectivity index (χ1) is 7.42. The molecule has 0 saturated carbocycles. The van der Waals surface area contributed by atoms with Crippen LogP contribution in [0.1, 0.15) is 11.1 Å². The highest BCUT2D eigenvalue weighted by Gasteiger charge is 2.04. The van der Waals surface area contributed by atoms with Crippen molar-refractivity contribution in [2.75, 3.05) is 0 Å². The quantitative estimate of drug-likeness (QED) is 0.522. The van der Waals surface area contributed by atoms with Crippen LogP contribution >= 0.6 is 0 Å². The van der Waals surface area contributed by atoms with E-state index in [1.807, 2.05) is 60.7 Å². The van der Waals surface area contributed by atoms with E-state index in [1.54, 1.807) is 0 Å². The minimum absolute atomic E-state index is 0.705. The number of benzene rings is 2. The Bertz CT molecular complexity index is 405. The Labute approximate surface area is 89.1 Å². The van der Waals surface area contributed by atoms with E-state index >= 15 is 0 Å². The van der Waals surface area contributed by atoms with Crippen LogP contribution in [0.5, 0.6) is 0 Å². The monoisotopic (exact) mass is 195 g/mol. The summed E-state index contributed by atoms with van der Waals surface area (Å²) >= 11 is 0. The van der Waals surface area contributed by atoms with Gasteiger partial charge in [0.1, 0.15) is 0 Å². The molecule has 0 fully saturated rings. The molecule has 2 heteroatoms. The van der Waals surface area contributed by atoms with E-state index in [0.717, 1.165) is 11.1 Å². The lowest BCUT2D eigenvalue weighted by atomic mass is 10.0. The molecule has 1 N–H and O–H groups in total. The van der Waals surface area contributed by atoms with Crippen molar-refractivity contribution in [3.8, 4) is 0 Å². The number of rotatable bonds is 2. The minimum atomic E-state index is 0.705. The molecule has 2 rings (SSSR count). The van der Waals surface area contributed by atoms with Crippen molar-refractivity contribution in [2.24, 2.45) is 5.10 Å². The first kappa shape index (κ1) is 9.46. The Morgan fingerprint density at radius 2 is 1.13 bits per heavy atom. The van der Waals surface area contributed by atoms with Crippen molar-refractivity contribution in [3.63, 3.8) is 0 Å². The molecule has 0 aliphatic heterocycles. The summed E-state index contributed by atoms with van der Waals surface area (Å²) in [6.07, 6.45) is 0. The maximum absolute atomic E-state index is 7.22. The second kappa shape index (κ2) is 4.42. The van der Waals surface area contributed by atoms with Gasteiger partial charge in [-0.05, 0) is 0 Å². The van der Waals surface area contributed by atoms with Crippen LogP contribution in [0, 0.1) is 0 Å². The van der Waals surface area contributed by atoms with Gasteiger partial charge in [-0.25, -0.2) is 5.84 Å². The molecule has 0 aromatic heterocycles. The van der Waals surface area contributed by atoms with Crippen molar-refractivity contribution in [1.82, 2.24) is 5.84 Å². The van der Waals surface area contributed by atoms with Gasteiger partial charge in [0, 0.05) is 11.1 Å². The Morgan fingerprint density at radius 1 is 0.733 bits per heavy atom. The van der Waals surface area contributed by atoms with Gasteiger partial charge in [-0.15, -0.1) is 0 Å². The zero-order valence-corrected chi connectivity index (χ0v) is 8.22. The van der Waals surface area contributed by atoms with Gasteiger partial charge in [0.15, 0.2) is 0 Å². The third kappa shape index (κ3) is 2.05. The number of hydrogen-bond donors (Lipinski definition) is 0. The molecule has 0 heterocycles. The zero-order valence-electron chi connectivity index (χ0n) is 8.22. The molecule has 0 aliphatic carbocycles. The van der Waals surface area contributed by atoms with Gasteiger partial charge in [-0.2, -0.15) is 5.10 Å². The van der Waals surface area contributed by atoms with E-state index in [4.69, 9.17) is 5.84 Å². The van der Waals surface area contributed by atoms with Crippen molar-refractivity contribution >= 4 is 5.71 Å². The summed E-state index contributed by atoms with van der Waals surface area (Å²) in [6, 6.07) is 19.5. The van der Waals surface area contributed by atoms with Crippen LogP contribution in [-0.4, -0.2) is 5.71 Å². The van der Waals surface area contributed by atoms with Gasteiger partial charge < -0.3 is 0 Å². The Balaban J connectivity index is 2.44. The fraction of sp³-hybridized carbons (Fsp3) is 0. The van der Waals surface area contributed by atoms with Gasteiger partial charge in [0.25, 0.3) is 0 Å². The van der Waals surface area contributed by atoms with Gasteiger partial charge in [0.05, 0.1) is 5.71 Å². The first-order valence-corrected chi connectivity index (χ1v) is 4.77. The van der Waals surface area contributed by atoms with Crippen LogP contribution in [-0.2, 0) is 0 Å². The Kier molecular flexibility index (Phi) is 2.79. The summed E-state index contributed by atoms with van der Waals surface area (Å²) in [6.45, 7) is 0. The summed E-state index contributed by atoms with van der Waals surface area (Å²) in [5.74, 6) is 7.22. The van der Waals surface area contributed by atoms with E-state index in [1.165, 1.54) is 0 Å². The van der Waals surface area contributed by atoms with Crippen LogP contribution in [0.15, 0.2) is 65.8 Å². The summed E-state index contributed by atoms with van der Waals surface area (Å²) in [7, 11) is 0. The number of nitrogens with one attached hydrogen (secondary N) is 1. The standard InChI is InChI=1S/C13H11N2/c14-15-13(11-7-3-1-4-8-11)12-9-5-2-6-10-12/h1-10,14H. The lowest BCUT2D eigenvalue weighted by Crippen LogP contribution is -2.02. The molecule has 2 aromatic carbocycles. The SMILES string of the molecule is [NH]N=C(c1ccccc1)c1ccccc1. The summed E-state index contributed by atoms with van der Waals surface area (Å²) in [4.78, 5) is 0. The zero-order chi connectivity index (χ0) is 10.5. The van der Waals surface area contributed by atoms with E-state index in [2.05, 4.69) is 5.10 Å². The molecule has 1 radical (unpaired) electrons. The van der Waals surface area contributed by atoms with Crippen molar-refractivity contribution in [3.05, 3.63) is 71.8 Å². The summed E-state index contributed by atoms with van der Waals surface area (Å²) in [5, 5.41) is 3.60. The second-order valence-corrected chi connectivity index (χ2v) is 3.19. The molecule has 0 saturated heterocycles. The maximum atomic E-state index is 7.22. The fourth-order valence-electron chi connectivity index (χ4n) is 1.49. The highest BCUT2D eigenvalue weighted by molar-refractivity contribution is 6.12. The average Bonchev–Trinajstić information content (AvgIpc) is 2.33. The molecule has 0 amide bonds.